The molecular weight excluding hydrogens is 188 g/mol. The molecule has 1 aliphatic rings. The molecule has 1 heterocycles. The summed E-state index contributed by atoms with van der Waals surface area (Å²) in [6.07, 6.45) is -0.0556. The van der Waals surface area contributed by atoms with Crippen molar-refractivity contribution in [3.8, 4) is 0 Å². The lowest BCUT2D eigenvalue weighted by Gasteiger charge is -2.05. The second kappa shape index (κ2) is 9.36. The van der Waals surface area contributed by atoms with E-state index < -0.39 is 6.10 Å². The van der Waals surface area contributed by atoms with Crippen molar-refractivity contribution in [1.82, 2.24) is 0 Å². The van der Waals surface area contributed by atoms with E-state index in [1.807, 2.05) is 0 Å². The summed E-state index contributed by atoms with van der Waals surface area (Å²) in [6.45, 7) is 2.34. The van der Waals surface area contributed by atoms with Gasteiger partial charge in [0.15, 0.2) is 0 Å². The normalized spacial score (nSPS) is 19.1. The SMILES string of the molecule is COCC(O)COC.COCC1CO1. The van der Waals surface area contributed by atoms with Gasteiger partial charge in [-0.1, -0.05) is 0 Å². The van der Waals surface area contributed by atoms with Gasteiger partial charge in [0.1, 0.15) is 12.2 Å². The summed E-state index contributed by atoms with van der Waals surface area (Å²) < 4.78 is 18.8. The zero-order chi connectivity index (χ0) is 10.8. The molecule has 0 aliphatic carbocycles. The molecule has 0 aromatic heterocycles. The predicted octanol–water partition coefficient (Wildman–Crippen LogP) is -0.328. The number of epoxide rings is 1. The summed E-state index contributed by atoms with van der Waals surface area (Å²) >= 11 is 0. The monoisotopic (exact) mass is 208 g/mol. The van der Waals surface area contributed by atoms with Crippen molar-refractivity contribution in [2.75, 3.05) is 47.8 Å². The highest BCUT2D eigenvalue weighted by Crippen LogP contribution is 2.06. The van der Waals surface area contributed by atoms with Gasteiger partial charge in [0.25, 0.3) is 0 Å². The second-order valence-corrected chi connectivity index (χ2v) is 2.98. The average molecular weight is 208 g/mol. The van der Waals surface area contributed by atoms with Gasteiger partial charge in [-0.3, -0.25) is 0 Å². The molecule has 1 unspecified atom stereocenters. The third-order valence-corrected chi connectivity index (χ3v) is 1.47. The van der Waals surface area contributed by atoms with Gasteiger partial charge < -0.3 is 24.1 Å². The number of hydrogen-bond acceptors (Lipinski definition) is 5. The molecule has 1 fully saturated rings. The summed E-state index contributed by atoms with van der Waals surface area (Å²) in [7, 11) is 4.76. The van der Waals surface area contributed by atoms with Crippen LogP contribution < -0.4 is 0 Å². The molecule has 0 bridgehead atoms. The Labute approximate surface area is 84.9 Å². The first-order valence-electron chi connectivity index (χ1n) is 4.51. The van der Waals surface area contributed by atoms with Gasteiger partial charge >= 0.3 is 0 Å². The lowest BCUT2D eigenvalue weighted by molar-refractivity contribution is 0.00980. The maximum atomic E-state index is 8.80. The minimum Gasteiger partial charge on any atom is -0.388 e. The van der Waals surface area contributed by atoms with Crippen LogP contribution in [0.3, 0.4) is 0 Å². The maximum absolute atomic E-state index is 8.80. The summed E-state index contributed by atoms with van der Waals surface area (Å²) in [4.78, 5) is 0. The Morgan fingerprint density at radius 1 is 1.21 bits per heavy atom. The van der Waals surface area contributed by atoms with Crippen molar-refractivity contribution in [2.45, 2.75) is 12.2 Å². The fourth-order valence-corrected chi connectivity index (χ4v) is 0.783. The van der Waals surface area contributed by atoms with Gasteiger partial charge in [-0.15, -0.1) is 0 Å². The first kappa shape index (κ1) is 13.8. The molecule has 1 aliphatic heterocycles. The fraction of sp³-hybridized carbons (Fsp3) is 1.00. The van der Waals surface area contributed by atoms with E-state index in [4.69, 9.17) is 14.6 Å². The number of ether oxygens (including phenoxy) is 4. The van der Waals surface area contributed by atoms with E-state index in [9.17, 15) is 0 Å². The van der Waals surface area contributed by atoms with Gasteiger partial charge in [0, 0.05) is 21.3 Å². The lowest BCUT2D eigenvalue weighted by atomic mass is 10.4. The van der Waals surface area contributed by atoms with Crippen molar-refractivity contribution in [3.63, 3.8) is 0 Å². The number of aliphatic hydroxyl groups excluding tert-OH is 1. The minimum atomic E-state index is -0.481. The molecule has 14 heavy (non-hydrogen) atoms. The van der Waals surface area contributed by atoms with Gasteiger partial charge in [0.2, 0.25) is 0 Å². The van der Waals surface area contributed by atoms with E-state index in [1.54, 1.807) is 21.3 Å². The number of aliphatic hydroxyl groups is 1. The van der Waals surface area contributed by atoms with E-state index in [1.165, 1.54) is 0 Å². The molecule has 0 saturated carbocycles. The molecule has 0 radical (unpaired) electrons. The topological polar surface area (TPSA) is 60.5 Å². The van der Waals surface area contributed by atoms with Gasteiger partial charge in [-0.05, 0) is 0 Å². The number of rotatable bonds is 6. The molecular formula is C9H20O5. The molecule has 1 saturated heterocycles. The van der Waals surface area contributed by atoms with E-state index in [-0.39, 0.29) is 0 Å². The Kier molecular flexibility index (Phi) is 9.23. The smallest absolute Gasteiger partial charge is 0.104 e. The van der Waals surface area contributed by atoms with Crippen LogP contribution in [0.15, 0.2) is 0 Å². The molecule has 86 valence electrons. The van der Waals surface area contributed by atoms with Crippen LogP contribution >= 0.6 is 0 Å². The second-order valence-electron chi connectivity index (χ2n) is 2.98. The van der Waals surface area contributed by atoms with Gasteiger partial charge in [-0.25, -0.2) is 0 Å². The van der Waals surface area contributed by atoms with E-state index in [0.717, 1.165) is 13.2 Å². The Balaban J connectivity index is 0.000000249. The van der Waals surface area contributed by atoms with Crippen LogP contribution in [0.2, 0.25) is 0 Å². The van der Waals surface area contributed by atoms with Crippen molar-refractivity contribution in [1.29, 1.82) is 0 Å². The van der Waals surface area contributed by atoms with Crippen LogP contribution in [0, 0.1) is 0 Å². The lowest BCUT2D eigenvalue weighted by Crippen LogP contribution is -2.19. The molecule has 1 N–H and O–H groups in total. The Morgan fingerprint density at radius 3 is 1.93 bits per heavy atom. The van der Waals surface area contributed by atoms with Crippen molar-refractivity contribution >= 4 is 0 Å². The Morgan fingerprint density at radius 2 is 1.71 bits per heavy atom. The molecule has 0 aromatic rings. The zero-order valence-corrected chi connectivity index (χ0v) is 9.06. The first-order chi connectivity index (χ1) is 6.74. The van der Waals surface area contributed by atoms with Crippen molar-refractivity contribution in [2.24, 2.45) is 0 Å². The van der Waals surface area contributed by atoms with E-state index in [0.29, 0.717) is 19.3 Å². The molecule has 0 spiro atoms. The molecule has 5 heteroatoms. The minimum absolute atomic E-state index is 0.341. The van der Waals surface area contributed by atoms with Crippen LogP contribution in [0.25, 0.3) is 0 Å². The third kappa shape index (κ3) is 9.88. The summed E-state index contributed by atoms with van der Waals surface area (Å²) in [5, 5.41) is 8.80. The first-order valence-corrected chi connectivity index (χ1v) is 4.51. The maximum Gasteiger partial charge on any atom is 0.104 e. The number of methoxy groups -OCH3 is 3. The van der Waals surface area contributed by atoms with Crippen molar-refractivity contribution in [3.05, 3.63) is 0 Å². The average Bonchev–Trinajstić information content (AvgIpc) is 2.91. The quantitative estimate of drug-likeness (QED) is 0.606. The summed E-state index contributed by atoms with van der Waals surface area (Å²) in [6, 6.07) is 0. The van der Waals surface area contributed by atoms with Crippen molar-refractivity contribution < 1.29 is 24.1 Å². The standard InChI is InChI=1S/C5H12O3.C4H8O2/c1-7-3-5(6)4-8-2;1-5-2-4-3-6-4/h5-6H,3-4H2,1-2H3;4H,2-3H2,1H3. The summed E-state index contributed by atoms with van der Waals surface area (Å²) in [5.41, 5.74) is 0. The largest absolute Gasteiger partial charge is 0.388 e. The molecule has 5 nitrogen and oxygen atoms in total. The van der Waals surface area contributed by atoms with E-state index >= 15 is 0 Å². The number of hydrogen-bond donors (Lipinski definition) is 1. The van der Waals surface area contributed by atoms with Crippen LogP contribution in [0.4, 0.5) is 0 Å². The molecule has 1 rings (SSSR count). The molecule has 0 amide bonds. The molecule has 0 aromatic carbocycles. The highest BCUT2D eigenvalue weighted by Gasteiger charge is 2.21. The zero-order valence-electron chi connectivity index (χ0n) is 9.06. The Hall–Kier alpha value is -0.200. The fourth-order valence-electron chi connectivity index (χ4n) is 0.783. The van der Waals surface area contributed by atoms with Gasteiger partial charge in [-0.2, -0.15) is 0 Å². The predicted molar refractivity (Wildman–Crippen MR) is 51.4 cm³/mol. The van der Waals surface area contributed by atoms with Gasteiger partial charge in [0.05, 0.1) is 26.4 Å². The third-order valence-electron chi connectivity index (χ3n) is 1.47. The van der Waals surface area contributed by atoms with Crippen LogP contribution in [-0.4, -0.2) is 65.1 Å². The highest BCUT2D eigenvalue weighted by atomic mass is 16.6. The van der Waals surface area contributed by atoms with Crippen LogP contribution in [0.1, 0.15) is 0 Å². The summed E-state index contributed by atoms with van der Waals surface area (Å²) in [5.74, 6) is 0. The molecule has 1 atom stereocenters. The van der Waals surface area contributed by atoms with E-state index in [2.05, 4.69) is 9.47 Å². The van der Waals surface area contributed by atoms with Crippen LogP contribution in [-0.2, 0) is 18.9 Å². The highest BCUT2D eigenvalue weighted by molar-refractivity contribution is 4.66. The Bertz CT molecular complexity index is 110. The van der Waals surface area contributed by atoms with Crippen LogP contribution in [0.5, 0.6) is 0 Å².